The number of phenolic OH excluding ortho intramolecular Hbond substituents is 1. The summed E-state index contributed by atoms with van der Waals surface area (Å²) in [7, 11) is 0. The van der Waals surface area contributed by atoms with Crippen LogP contribution in [0.15, 0.2) is 18.2 Å². The molecular formula is C15H21ClN2O. The van der Waals surface area contributed by atoms with Gasteiger partial charge in [0.15, 0.2) is 0 Å². The van der Waals surface area contributed by atoms with Crippen molar-refractivity contribution < 1.29 is 5.11 Å². The van der Waals surface area contributed by atoms with E-state index in [0.29, 0.717) is 11.1 Å². The highest BCUT2D eigenvalue weighted by atomic mass is 35.5. The van der Waals surface area contributed by atoms with Crippen LogP contribution in [-0.4, -0.2) is 35.2 Å². The molecule has 104 valence electrons. The first-order chi connectivity index (χ1) is 9.22. The van der Waals surface area contributed by atoms with Crippen LogP contribution in [0.5, 0.6) is 5.75 Å². The van der Waals surface area contributed by atoms with Crippen molar-refractivity contribution in [1.29, 1.82) is 0 Å². The first kappa shape index (κ1) is 13.2. The Bertz CT molecular complexity index is 440. The van der Waals surface area contributed by atoms with E-state index in [2.05, 4.69) is 10.2 Å². The van der Waals surface area contributed by atoms with Crippen molar-refractivity contribution in [3.05, 3.63) is 28.8 Å². The highest BCUT2D eigenvalue weighted by Crippen LogP contribution is 2.29. The minimum absolute atomic E-state index is 0.156. The van der Waals surface area contributed by atoms with Gasteiger partial charge in [-0.3, -0.25) is 0 Å². The van der Waals surface area contributed by atoms with E-state index in [-0.39, 0.29) is 5.75 Å². The van der Waals surface area contributed by atoms with Crippen molar-refractivity contribution in [2.24, 2.45) is 0 Å². The van der Waals surface area contributed by atoms with Crippen LogP contribution in [0.1, 0.15) is 31.2 Å². The summed E-state index contributed by atoms with van der Waals surface area (Å²) in [5.41, 5.74) is 1.13. The molecule has 3 nitrogen and oxygen atoms in total. The summed E-state index contributed by atoms with van der Waals surface area (Å²) in [6.07, 6.45) is 5.29. The van der Waals surface area contributed by atoms with Gasteiger partial charge in [0.1, 0.15) is 5.75 Å². The second-order valence-electron chi connectivity index (χ2n) is 5.71. The van der Waals surface area contributed by atoms with Gasteiger partial charge in [-0.2, -0.15) is 0 Å². The van der Waals surface area contributed by atoms with Gasteiger partial charge in [-0.15, -0.1) is 0 Å². The summed E-state index contributed by atoms with van der Waals surface area (Å²) < 4.78 is 0. The largest absolute Gasteiger partial charge is 0.506 e. The molecule has 1 saturated carbocycles. The molecule has 2 aliphatic rings. The van der Waals surface area contributed by atoms with Crippen LogP contribution in [-0.2, 0) is 6.54 Å². The number of halogens is 1. The van der Waals surface area contributed by atoms with Crippen LogP contribution in [0.4, 0.5) is 0 Å². The number of benzene rings is 1. The lowest BCUT2D eigenvalue weighted by Crippen LogP contribution is -2.43. The Labute approximate surface area is 119 Å². The van der Waals surface area contributed by atoms with Gasteiger partial charge < -0.3 is 15.3 Å². The summed E-state index contributed by atoms with van der Waals surface area (Å²) in [6, 6.07) is 6.94. The van der Waals surface area contributed by atoms with Gasteiger partial charge in [0.2, 0.25) is 0 Å². The molecule has 2 N–H and O–H groups in total. The molecule has 3 rings (SSSR count). The molecule has 19 heavy (non-hydrogen) atoms. The standard InChI is InChI=1S/C15H21ClN2O/c16-14-9-11(1-4-15(14)19)10-17-12-5-7-18(8-6-12)13-2-3-13/h1,4,9,12-13,17,19H,2-3,5-8,10H2. The molecule has 1 aliphatic heterocycles. The van der Waals surface area contributed by atoms with E-state index in [0.717, 1.165) is 18.2 Å². The topological polar surface area (TPSA) is 35.5 Å². The second-order valence-corrected chi connectivity index (χ2v) is 6.12. The smallest absolute Gasteiger partial charge is 0.134 e. The third-order valence-corrected chi connectivity index (χ3v) is 4.50. The van der Waals surface area contributed by atoms with Gasteiger partial charge in [-0.1, -0.05) is 17.7 Å². The van der Waals surface area contributed by atoms with Crippen LogP contribution in [0.2, 0.25) is 5.02 Å². The Morgan fingerprint density at radius 1 is 1.21 bits per heavy atom. The normalized spacial score (nSPS) is 21.7. The average Bonchev–Trinajstić information content (AvgIpc) is 3.25. The number of phenols is 1. The molecule has 0 atom stereocenters. The van der Waals surface area contributed by atoms with Gasteiger partial charge in [0, 0.05) is 18.6 Å². The highest BCUT2D eigenvalue weighted by molar-refractivity contribution is 6.32. The first-order valence-electron chi connectivity index (χ1n) is 7.17. The molecule has 4 heteroatoms. The Balaban J connectivity index is 1.45. The number of nitrogens with one attached hydrogen (secondary N) is 1. The van der Waals surface area contributed by atoms with Crippen molar-refractivity contribution >= 4 is 11.6 Å². The molecule has 1 aromatic rings. The lowest BCUT2D eigenvalue weighted by molar-refractivity contribution is 0.189. The predicted molar refractivity (Wildman–Crippen MR) is 77.6 cm³/mol. The molecule has 2 fully saturated rings. The summed E-state index contributed by atoms with van der Waals surface area (Å²) in [4.78, 5) is 2.63. The predicted octanol–water partition coefficient (Wildman–Crippen LogP) is 2.76. The minimum atomic E-state index is 0.156. The number of aromatic hydroxyl groups is 1. The van der Waals surface area contributed by atoms with E-state index in [1.807, 2.05) is 12.1 Å². The van der Waals surface area contributed by atoms with Crippen LogP contribution >= 0.6 is 11.6 Å². The highest BCUT2D eigenvalue weighted by Gasteiger charge is 2.31. The molecule has 0 aromatic heterocycles. The fraction of sp³-hybridized carbons (Fsp3) is 0.600. The minimum Gasteiger partial charge on any atom is -0.506 e. The monoisotopic (exact) mass is 280 g/mol. The fourth-order valence-electron chi connectivity index (χ4n) is 2.83. The van der Waals surface area contributed by atoms with Crippen molar-refractivity contribution in [1.82, 2.24) is 10.2 Å². The van der Waals surface area contributed by atoms with Crippen molar-refractivity contribution in [2.45, 2.75) is 44.3 Å². The second kappa shape index (κ2) is 5.70. The van der Waals surface area contributed by atoms with Gasteiger partial charge in [-0.25, -0.2) is 0 Å². The molecule has 1 aliphatic carbocycles. The Kier molecular flexibility index (Phi) is 3.96. The number of nitrogens with zero attached hydrogens (tertiary/aromatic N) is 1. The van der Waals surface area contributed by atoms with E-state index in [1.54, 1.807) is 6.07 Å². The van der Waals surface area contributed by atoms with Crippen molar-refractivity contribution in [3.8, 4) is 5.75 Å². The lowest BCUT2D eigenvalue weighted by atomic mass is 10.0. The third-order valence-electron chi connectivity index (χ3n) is 4.20. The fourth-order valence-corrected chi connectivity index (χ4v) is 3.03. The lowest BCUT2D eigenvalue weighted by Gasteiger charge is -2.32. The van der Waals surface area contributed by atoms with Crippen LogP contribution in [0, 0.1) is 0 Å². The molecule has 1 heterocycles. The van der Waals surface area contributed by atoms with Crippen molar-refractivity contribution in [2.75, 3.05) is 13.1 Å². The maximum absolute atomic E-state index is 9.39. The zero-order chi connectivity index (χ0) is 13.2. The van der Waals surface area contributed by atoms with E-state index in [9.17, 15) is 5.11 Å². The zero-order valence-electron chi connectivity index (χ0n) is 11.1. The number of piperidine rings is 1. The molecule has 1 aromatic carbocycles. The summed E-state index contributed by atoms with van der Waals surface area (Å²) >= 11 is 5.91. The van der Waals surface area contributed by atoms with E-state index >= 15 is 0 Å². The third kappa shape index (κ3) is 3.41. The summed E-state index contributed by atoms with van der Waals surface area (Å²) in [6.45, 7) is 3.30. The quantitative estimate of drug-likeness (QED) is 0.890. The van der Waals surface area contributed by atoms with E-state index in [1.165, 1.54) is 38.8 Å². The summed E-state index contributed by atoms with van der Waals surface area (Å²) in [5.74, 6) is 0.156. The Morgan fingerprint density at radius 3 is 2.58 bits per heavy atom. The van der Waals surface area contributed by atoms with E-state index < -0.39 is 0 Å². The number of likely N-dealkylation sites (tertiary alicyclic amines) is 1. The number of hydrogen-bond donors (Lipinski definition) is 2. The van der Waals surface area contributed by atoms with Gasteiger partial charge in [0.25, 0.3) is 0 Å². The average molecular weight is 281 g/mol. The van der Waals surface area contributed by atoms with Gasteiger partial charge in [-0.05, 0) is 56.5 Å². The maximum Gasteiger partial charge on any atom is 0.134 e. The molecule has 0 bridgehead atoms. The molecule has 1 saturated heterocycles. The van der Waals surface area contributed by atoms with Gasteiger partial charge in [0.05, 0.1) is 5.02 Å². The molecule has 0 radical (unpaired) electrons. The SMILES string of the molecule is Oc1ccc(CNC2CCN(C3CC3)CC2)cc1Cl. The van der Waals surface area contributed by atoms with Crippen LogP contribution < -0.4 is 5.32 Å². The molecule has 0 amide bonds. The molecular weight excluding hydrogens is 260 g/mol. The van der Waals surface area contributed by atoms with Crippen LogP contribution in [0.3, 0.4) is 0 Å². The summed E-state index contributed by atoms with van der Waals surface area (Å²) in [5, 5.41) is 13.4. The van der Waals surface area contributed by atoms with E-state index in [4.69, 9.17) is 11.6 Å². The number of hydrogen-bond acceptors (Lipinski definition) is 3. The maximum atomic E-state index is 9.39. The van der Waals surface area contributed by atoms with Gasteiger partial charge >= 0.3 is 0 Å². The van der Waals surface area contributed by atoms with Crippen LogP contribution in [0.25, 0.3) is 0 Å². The zero-order valence-corrected chi connectivity index (χ0v) is 11.9. The molecule has 0 unspecified atom stereocenters. The Hall–Kier alpha value is -0.770. The molecule has 0 spiro atoms. The number of rotatable bonds is 4. The Morgan fingerprint density at radius 2 is 1.95 bits per heavy atom. The first-order valence-corrected chi connectivity index (χ1v) is 7.55. The van der Waals surface area contributed by atoms with Crippen molar-refractivity contribution in [3.63, 3.8) is 0 Å².